The maximum Gasteiger partial charge on any atom is 0.323 e. The van der Waals surface area contributed by atoms with Crippen molar-refractivity contribution in [2.75, 3.05) is 7.11 Å². The van der Waals surface area contributed by atoms with E-state index in [1.165, 1.54) is 0 Å². The zero-order valence-corrected chi connectivity index (χ0v) is 13.2. The lowest BCUT2D eigenvalue weighted by Crippen LogP contribution is -2.40. The highest BCUT2D eigenvalue weighted by molar-refractivity contribution is 5.75. The molecule has 2 atom stereocenters. The van der Waals surface area contributed by atoms with Crippen LogP contribution in [0.15, 0.2) is 24.3 Å². The van der Waals surface area contributed by atoms with Crippen LogP contribution in [0.25, 0.3) is 0 Å². The molecule has 0 fully saturated rings. The fourth-order valence-electron chi connectivity index (χ4n) is 1.84. The second kappa shape index (κ2) is 6.75. The van der Waals surface area contributed by atoms with Gasteiger partial charge in [-0.3, -0.25) is 10.1 Å². The first-order valence-corrected chi connectivity index (χ1v) is 6.86. The second-order valence-electron chi connectivity index (χ2n) is 5.92. The number of hydrogen-bond acceptors (Lipinski definition) is 4. The number of carbonyl (C=O) groups excluding carboxylic acids is 1. The molecule has 2 unspecified atom stereocenters. The largest absolute Gasteiger partial charge is 0.497 e. The SMILES string of the molecule is COc1cccc(C(C)NC(C)C(=O)OC(C)(C)C)c1. The van der Waals surface area contributed by atoms with E-state index in [0.29, 0.717) is 0 Å². The third-order valence-corrected chi connectivity index (χ3v) is 2.85. The molecule has 112 valence electrons. The molecule has 0 radical (unpaired) electrons. The number of methoxy groups -OCH3 is 1. The Morgan fingerprint density at radius 3 is 2.45 bits per heavy atom. The van der Waals surface area contributed by atoms with Gasteiger partial charge in [-0.25, -0.2) is 0 Å². The molecule has 0 saturated carbocycles. The van der Waals surface area contributed by atoms with E-state index in [-0.39, 0.29) is 18.1 Å². The summed E-state index contributed by atoms with van der Waals surface area (Å²) in [6.07, 6.45) is 0. The lowest BCUT2D eigenvalue weighted by molar-refractivity contribution is -0.157. The minimum absolute atomic E-state index is 0.0348. The monoisotopic (exact) mass is 279 g/mol. The van der Waals surface area contributed by atoms with Crippen LogP contribution < -0.4 is 10.1 Å². The number of hydrogen-bond donors (Lipinski definition) is 1. The highest BCUT2D eigenvalue weighted by Gasteiger charge is 2.23. The summed E-state index contributed by atoms with van der Waals surface area (Å²) in [5, 5.41) is 3.24. The molecule has 4 nitrogen and oxygen atoms in total. The Bertz CT molecular complexity index is 451. The van der Waals surface area contributed by atoms with Gasteiger partial charge in [-0.1, -0.05) is 12.1 Å². The van der Waals surface area contributed by atoms with Crippen molar-refractivity contribution in [2.45, 2.75) is 52.3 Å². The van der Waals surface area contributed by atoms with Crippen LogP contribution in [0.2, 0.25) is 0 Å². The molecule has 0 aromatic heterocycles. The summed E-state index contributed by atoms with van der Waals surface area (Å²) in [5.74, 6) is 0.563. The molecule has 1 aromatic carbocycles. The van der Waals surface area contributed by atoms with E-state index >= 15 is 0 Å². The smallest absolute Gasteiger partial charge is 0.323 e. The number of esters is 1. The van der Waals surface area contributed by atoms with Crippen molar-refractivity contribution in [3.8, 4) is 5.75 Å². The van der Waals surface area contributed by atoms with Gasteiger partial charge in [-0.05, 0) is 52.3 Å². The topological polar surface area (TPSA) is 47.6 Å². The Kier molecular flexibility index (Phi) is 5.57. The maximum atomic E-state index is 11.9. The van der Waals surface area contributed by atoms with Crippen LogP contribution in [0.3, 0.4) is 0 Å². The minimum atomic E-state index is -0.466. The van der Waals surface area contributed by atoms with E-state index in [0.717, 1.165) is 11.3 Å². The Labute approximate surface area is 121 Å². The lowest BCUT2D eigenvalue weighted by Gasteiger charge is -2.25. The van der Waals surface area contributed by atoms with E-state index in [9.17, 15) is 4.79 Å². The number of ether oxygens (including phenoxy) is 2. The van der Waals surface area contributed by atoms with Crippen molar-refractivity contribution in [1.29, 1.82) is 0 Å². The molecule has 0 aliphatic heterocycles. The summed E-state index contributed by atoms with van der Waals surface area (Å²) in [6.45, 7) is 9.41. The molecule has 20 heavy (non-hydrogen) atoms. The van der Waals surface area contributed by atoms with E-state index < -0.39 is 5.60 Å². The maximum absolute atomic E-state index is 11.9. The lowest BCUT2D eigenvalue weighted by atomic mass is 10.1. The van der Waals surface area contributed by atoms with E-state index in [4.69, 9.17) is 9.47 Å². The quantitative estimate of drug-likeness (QED) is 0.841. The summed E-state index contributed by atoms with van der Waals surface area (Å²) in [6, 6.07) is 7.46. The summed E-state index contributed by atoms with van der Waals surface area (Å²) in [4.78, 5) is 11.9. The zero-order valence-electron chi connectivity index (χ0n) is 13.2. The van der Waals surface area contributed by atoms with Crippen LogP contribution in [0, 0.1) is 0 Å². The van der Waals surface area contributed by atoms with Crippen molar-refractivity contribution in [2.24, 2.45) is 0 Å². The molecule has 1 rings (SSSR count). The standard InChI is InChI=1S/C16H25NO3/c1-11(13-8-7-9-14(10-13)19-6)17-12(2)15(18)20-16(3,4)5/h7-12,17H,1-6H3. The molecule has 0 saturated heterocycles. The van der Waals surface area contributed by atoms with E-state index in [2.05, 4.69) is 5.32 Å². The van der Waals surface area contributed by atoms with Gasteiger partial charge in [0.15, 0.2) is 0 Å². The number of carbonyl (C=O) groups is 1. The van der Waals surface area contributed by atoms with Gasteiger partial charge in [0.1, 0.15) is 17.4 Å². The molecule has 0 heterocycles. The highest BCUT2D eigenvalue weighted by atomic mass is 16.6. The molecular formula is C16H25NO3. The van der Waals surface area contributed by atoms with Gasteiger partial charge >= 0.3 is 5.97 Å². The fraction of sp³-hybridized carbons (Fsp3) is 0.562. The molecule has 0 spiro atoms. The highest BCUT2D eigenvalue weighted by Crippen LogP contribution is 2.19. The molecule has 1 N–H and O–H groups in total. The number of rotatable bonds is 5. The average Bonchev–Trinajstić information content (AvgIpc) is 2.36. The van der Waals surface area contributed by atoms with Gasteiger partial charge in [-0.2, -0.15) is 0 Å². The van der Waals surface area contributed by atoms with Crippen LogP contribution in [0.4, 0.5) is 0 Å². The molecule has 0 aliphatic rings. The van der Waals surface area contributed by atoms with Crippen LogP contribution >= 0.6 is 0 Å². The third-order valence-electron chi connectivity index (χ3n) is 2.85. The normalized spacial score (nSPS) is 14.5. The molecule has 1 aromatic rings. The third kappa shape index (κ3) is 5.21. The van der Waals surface area contributed by atoms with Gasteiger partial charge in [0, 0.05) is 6.04 Å². The van der Waals surface area contributed by atoms with Crippen LogP contribution in [-0.4, -0.2) is 24.7 Å². The Balaban J connectivity index is 2.65. The number of nitrogens with one attached hydrogen (secondary N) is 1. The van der Waals surface area contributed by atoms with E-state index in [1.54, 1.807) is 7.11 Å². The fourth-order valence-corrected chi connectivity index (χ4v) is 1.84. The van der Waals surface area contributed by atoms with Gasteiger partial charge in [0.2, 0.25) is 0 Å². The molecule has 0 amide bonds. The van der Waals surface area contributed by atoms with Crippen LogP contribution in [-0.2, 0) is 9.53 Å². The summed E-state index contributed by atoms with van der Waals surface area (Å²) in [7, 11) is 1.64. The first-order valence-electron chi connectivity index (χ1n) is 6.86. The Morgan fingerprint density at radius 1 is 1.25 bits per heavy atom. The van der Waals surface area contributed by atoms with Gasteiger partial charge in [0.05, 0.1) is 7.11 Å². The Hall–Kier alpha value is -1.55. The predicted octanol–water partition coefficient (Wildman–Crippen LogP) is 3.08. The summed E-state index contributed by atoms with van der Waals surface area (Å²) in [5.41, 5.74) is 0.603. The summed E-state index contributed by atoms with van der Waals surface area (Å²) >= 11 is 0. The van der Waals surface area contributed by atoms with Gasteiger partial charge in [0.25, 0.3) is 0 Å². The first kappa shape index (κ1) is 16.5. The second-order valence-corrected chi connectivity index (χ2v) is 5.92. The first-order chi connectivity index (χ1) is 9.23. The van der Waals surface area contributed by atoms with Crippen molar-refractivity contribution >= 4 is 5.97 Å². The molecule has 0 aliphatic carbocycles. The molecule has 0 bridgehead atoms. The average molecular weight is 279 g/mol. The minimum Gasteiger partial charge on any atom is -0.497 e. The predicted molar refractivity (Wildman–Crippen MR) is 79.9 cm³/mol. The van der Waals surface area contributed by atoms with Crippen molar-refractivity contribution in [3.05, 3.63) is 29.8 Å². The van der Waals surface area contributed by atoms with Crippen LogP contribution in [0.5, 0.6) is 5.75 Å². The zero-order chi connectivity index (χ0) is 15.3. The van der Waals surface area contributed by atoms with Crippen molar-refractivity contribution < 1.29 is 14.3 Å². The molecular weight excluding hydrogens is 254 g/mol. The summed E-state index contributed by atoms with van der Waals surface area (Å²) < 4.78 is 10.6. The Morgan fingerprint density at radius 2 is 1.90 bits per heavy atom. The van der Waals surface area contributed by atoms with E-state index in [1.807, 2.05) is 58.9 Å². The van der Waals surface area contributed by atoms with Crippen LogP contribution in [0.1, 0.15) is 46.2 Å². The van der Waals surface area contributed by atoms with Crippen molar-refractivity contribution in [3.63, 3.8) is 0 Å². The van der Waals surface area contributed by atoms with Gasteiger partial charge < -0.3 is 9.47 Å². The van der Waals surface area contributed by atoms with Crippen molar-refractivity contribution in [1.82, 2.24) is 5.32 Å². The molecule has 4 heteroatoms. The number of benzene rings is 1. The van der Waals surface area contributed by atoms with Gasteiger partial charge in [-0.15, -0.1) is 0 Å².